The molecule has 1 heteroatoms. The molecule has 4 unspecified atom stereocenters. The van der Waals surface area contributed by atoms with Crippen LogP contribution in [0.2, 0.25) is 0 Å². The fraction of sp³-hybridized carbons (Fsp3) is 0.684. The second-order valence-electron chi connectivity index (χ2n) is 7.38. The molecule has 1 nitrogen and oxygen atoms in total. The van der Waals surface area contributed by atoms with Crippen LogP contribution >= 0.6 is 0 Å². The minimum absolute atomic E-state index is 0.438. The highest BCUT2D eigenvalue weighted by atomic mass is 16.3. The highest BCUT2D eigenvalue weighted by Gasteiger charge is 2.41. The van der Waals surface area contributed by atoms with Gasteiger partial charge in [0.2, 0.25) is 0 Å². The summed E-state index contributed by atoms with van der Waals surface area (Å²) < 4.78 is 0. The molecule has 1 aromatic carbocycles. The third-order valence-corrected chi connectivity index (χ3v) is 5.81. The van der Waals surface area contributed by atoms with Gasteiger partial charge in [0.1, 0.15) is 0 Å². The molecule has 1 saturated carbocycles. The van der Waals surface area contributed by atoms with E-state index in [-0.39, 0.29) is 0 Å². The van der Waals surface area contributed by atoms with E-state index >= 15 is 0 Å². The second kappa shape index (κ2) is 5.52. The maximum atomic E-state index is 11.2. The predicted molar refractivity (Wildman–Crippen MR) is 83.9 cm³/mol. The van der Waals surface area contributed by atoms with Crippen LogP contribution in [0.25, 0.3) is 0 Å². The van der Waals surface area contributed by atoms with Crippen molar-refractivity contribution in [3.63, 3.8) is 0 Å². The average Bonchev–Trinajstić information content (AvgIpc) is 2.44. The summed E-state index contributed by atoms with van der Waals surface area (Å²) in [5.41, 5.74) is 2.59. The first-order valence-electron chi connectivity index (χ1n) is 8.38. The molecule has 2 aliphatic carbocycles. The Balaban J connectivity index is 1.81. The predicted octanol–water partition coefficient (Wildman–Crippen LogP) is 4.68. The van der Waals surface area contributed by atoms with Crippen LogP contribution in [0.3, 0.4) is 0 Å². The Morgan fingerprint density at radius 3 is 2.80 bits per heavy atom. The lowest BCUT2D eigenvalue weighted by atomic mass is 9.66. The van der Waals surface area contributed by atoms with E-state index in [9.17, 15) is 5.11 Å². The van der Waals surface area contributed by atoms with Crippen molar-refractivity contribution in [1.29, 1.82) is 0 Å². The molecule has 0 spiro atoms. The van der Waals surface area contributed by atoms with E-state index in [1.54, 1.807) is 0 Å². The molecule has 0 bridgehead atoms. The largest absolute Gasteiger partial charge is 0.390 e. The summed E-state index contributed by atoms with van der Waals surface area (Å²) in [6.45, 7) is 4.55. The number of hydrogen-bond donors (Lipinski definition) is 1. The molecule has 1 aromatic rings. The molecule has 2 aliphatic rings. The summed E-state index contributed by atoms with van der Waals surface area (Å²) in [5, 5.41) is 11.2. The normalized spacial score (nSPS) is 37.5. The Kier molecular flexibility index (Phi) is 3.90. The van der Waals surface area contributed by atoms with Gasteiger partial charge in [0.25, 0.3) is 0 Å². The van der Waals surface area contributed by atoms with Crippen molar-refractivity contribution in [2.45, 2.75) is 70.3 Å². The van der Waals surface area contributed by atoms with Crippen molar-refractivity contribution in [2.75, 3.05) is 0 Å². The van der Waals surface area contributed by atoms with Crippen LogP contribution in [0.15, 0.2) is 24.3 Å². The van der Waals surface area contributed by atoms with Gasteiger partial charge in [-0.1, -0.05) is 44.5 Å². The standard InChI is InChI=1S/C19H28O/c1-14-10-11-15(2)19(20,12-14)13-17-8-5-7-16-6-3-4-9-18(16)17/h3-4,6,9,14-15,17,20H,5,7-8,10-13H2,1-2H3. The van der Waals surface area contributed by atoms with Crippen LogP contribution in [0.5, 0.6) is 0 Å². The molecular formula is C19H28O. The summed E-state index contributed by atoms with van der Waals surface area (Å²) in [5.74, 6) is 1.69. The first kappa shape index (κ1) is 14.1. The maximum absolute atomic E-state index is 11.2. The molecule has 4 atom stereocenters. The SMILES string of the molecule is CC1CCC(C)C(O)(CC2CCCc3ccccc32)C1. The van der Waals surface area contributed by atoms with Crippen molar-refractivity contribution < 1.29 is 5.11 Å². The lowest BCUT2D eigenvalue weighted by molar-refractivity contribution is -0.0685. The first-order chi connectivity index (χ1) is 9.58. The maximum Gasteiger partial charge on any atom is 0.0681 e. The second-order valence-corrected chi connectivity index (χ2v) is 7.38. The summed E-state index contributed by atoms with van der Waals surface area (Å²) in [6.07, 6.45) is 8.18. The summed E-state index contributed by atoms with van der Waals surface area (Å²) in [7, 11) is 0. The van der Waals surface area contributed by atoms with Gasteiger partial charge < -0.3 is 5.11 Å². The molecule has 0 heterocycles. The van der Waals surface area contributed by atoms with Crippen LogP contribution in [0.1, 0.15) is 69.4 Å². The number of aliphatic hydroxyl groups is 1. The van der Waals surface area contributed by atoms with Gasteiger partial charge in [-0.05, 0) is 67.4 Å². The lowest BCUT2D eigenvalue weighted by Gasteiger charge is -2.44. The first-order valence-corrected chi connectivity index (χ1v) is 8.38. The Labute approximate surface area is 123 Å². The number of aryl methyl sites for hydroxylation is 1. The fourth-order valence-electron chi connectivity index (χ4n) is 4.49. The molecular weight excluding hydrogens is 244 g/mol. The van der Waals surface area contributed by atoms with Crippen LogP contribution < -0.4 is 0 Å². The summed E-state index contributed by atoms with van der Waals surface area (Å²) in [6, 6.07) is 8.88. The van der Waals surface area contributed by atoms with Crippen molar-refractivity contribution in [3.05, 3.63) is 35.4 Å². The van der Waals surface area contributed by atoms with Gasteiger partial charge in [-0.15, -0.1) is 0 Å². The monoisotopic (exact) mass is 272 g/mol. The van der Waals surface area contributed by atoms with Crippen LogP contribution in [-0.4, -0.2) is 10.7 Å². The van der Waals surface area contributed by atoms with Gasteiger partial charge in [-0.25, -0.2) is 0 Å². The molecule has 0 saturated heterocycles. The molecule has 3 rings (SSSR count). The highest BCUT2D eigenvalue weighted by Crippen LogP contribution is 2.45. The van der Waals surface area contributed by atoms with Gasteiger partial charge in [-0.2, -0.15) is 0 Å². The zero-order valence-corrected chi connectivity index (χ0v) is 12.9. The molecule has 110 valence electrons. The minimum Gasteiger partial charge on any atom is -0.390 e. The van der Waals surface area contributed by atoms with Gasteiger partial charge in [0.15, 0.2) is 0 Å². The summed E-state index contributed by atoms with van der Waals surface area (Å²) in [4.78, 5) is 0. The lowest BCUT2D eigenvalue weighted by Crippen LogP contribution is -2.43. The summed E-state index contributed by atoms with van der Waals surface area (Å²) >= 11 is 0. The topological polar surface area (TPSA) is 20.2 Å². The molecule has 0 aromatic heterocycles. The van der Waals surface area contributed by atoms with E-state index in [1.165, 1.54) is 43.2 Å². The molecule has 1 fully saturated rings. The van der Waals surface area contributed by atoms with E-state index in [0.29, 0.717) is 17.8 Å². The Morgan fingerprint density at radius 2 is 1.95 bits per heavy atom. The van der Waals surface area contributed by atoms with Gasteiger partial charge in [-0.3, -0.25) is 0 Å². The smallest absolute Gasteiger partial charge is 0.0681 e. The van der Waals surface area contributed by atoms with Gasteiger partial charge in [0, 0.05) is 0 Å². The van der Waals surface area contributed by atoms with Crippen molar-refractivity contribution >= 4 is 0 Å². The average molecular weight is 272 g/mol. The van der Waals surface area contributed by atoms with E-state index < -0.39 is 5.60 Å². The van der Waals surface area contributed by atoms with Gasteiger partial charge >= 0.3 is 0 Å². The van der Waals surface area contributed by atoms with E-state index in [2.05, 4.69) is 38.1 Å². The van der Waals surface area contributed by atoms with Crippen LogP contribution in [0.4, 0.5) is 0 Å². The highest BCUT2D eigenvalue weighted by molar-refractivity contribution is 5.33. The third-order valence-electron chi connectivity index (χ3n) is 5.81. The van der Waals surface area contributed by atoms with Crippen LogP contribution in [0, 0.1) is 11.8 Å². The quantitative estimate of drug-likeness (QED) is 0.828. The van der Waals surface area contributed by atoms with Gasteiger partial charge in [0.05, 0.1) is 5.60 Å². The van der Waals surface area contributed by atoms with E-state index in [4.69, 9.17) is 0 Å². The van der Waals surface area contributed by atoms with Crippen molar-refractivity contribution in [2.24, 2.45) is 11.8 Å². The molecule has 0 radical (unpaired) electrons. The number of benzene rings is 1. The zero-order chi connectivity index (χ0) is 14.2. The molecule has 0 amide bonds. The zero-order valence-electron chi connectivity index (χ0n) is 12.9. The fourth-order valence-corrected chi connectivity index (χ4v) is 4.49. The Bertz CT molecular complexity index is 467. The third kappa shape index (κ3) is 2.65. The number of rotatable bonds is 2. The van der Waals surface area contributed by atoms with Crippen molar-refractivity contribution in [3.8, 4) is 0 Å². The minimum atomic E-state index is -0.438. The van der Waals surface area contributed by atoms with E-state index in [0.717, 1.165) is 12.8 Å². The van der Waals surface area contributed by atoms with Crippen LogP contribution in [-0.2, 0) is 6.42 Å². The van der Waals surface area contributed by atoms with E-state index in [1.807, 2.05) is 0 Å². The number of fused-ring (bicyclic) bond motifs is 1. The van der Waals surface area contributed by atoms with Crippen molar-refractivity contribution in [1.82, 2.24) is 0 Å². The Morgan fingerprint density at radius 1 is 1.15 bits per heavy atom. The Hall–Kier alpha value is -0.820. The molecule has 1 N–H and O–H groups in total. The molecule has 0 aliphatic heterocycles. The molecule has 20 heavy (non-hydrogen) atoms. The number of hydrogen-bond acceptors (Lipinski definition) is 1.